The number of hydrogen-bond acceptors (Lipinski definition) is 3. The first-order chi connectivity index (χ1) is 7.06. The monoisotopic (exact) mass is 227 g/mol. The molecular formula is C9H13N3O2S. The zero-order chi connectivity index (χ0) is 11.3. The summed E-state index contributed by atoms with van der Waals surface area (Å²) in [7, 11) is -1.75. The van der Waals surface area contributed by atoms with E-state index in [9.17, 15) is 8.42 Å². The summed E-state index contributed by atoms with van der Waals surface area (Å²) >= 11 is 0. The first-order valence-electron chi connectivity index (χ1n) is 4.44. The molecule has 0 aliphatic rings. The average Bonchev–Trinajstić information content (AvgIpc) is 2.60. The summed E-state index contributed by atoms with van der Waals surface area (Å²) in [5.41, 5.74) is 0. The number of rotatable bonds is 4. The van der Waals surface area contributed by atoms with Crippen molar-refractivity contribution in [3.8, 4) is 11.8 Å². The molecular weight excluding hydrogens is 214 g/mol. The second-order valence-corrected chi connectivity index (χ2v) is 4.69. The molecule has 0 saturated carbocycles. The van der Waals surface area contributed by atoms with E-state index in [-0.39, 0.29) is 4.90 Å². The van der Waals surface area contributed by atoms with Gasteiger partial charge in [-0.3, -0.25) is 4.68 Å². The minimum atomic E-state index is -3.42. The molecule has 0 bridgehead atoms. The Labute approximate surface area is 89.5 Å². The van der Waals surface area contributed by atoms with E-state index in [0.717, 1.165) is 0 Å². The van der Waals surface area contributed by atoms with Crippen LogP contribution in [0, 0.1) is 11.8 Å². The summed E-state index contributed by atoms with van der Waals surface area (Å²) in [5, 5.41) is 3.80. The molecule has 1 rings (SSSR count). The highest BCUT2D eigenvalue weighted by Crippen LogP contribution is 2.05. The predicted octanol–water partition coefficient (Wildman–Crippen LogP) is 0.112. The maximum Gasteiger partial charge on any atom is 0.243 e. The molecule has 6 heteroatoms. The Bertz CT molecular complexity index is 479. The van der Waals surface area contributed by atoms with Crippen molar-refractivity contribution in [3.63, 3.8) is 0 Å². The van der Waals surface area contributed by atoms with E-state index in [2.05, 4.69) is 21.7 Å². The lowest BCUT2D eigenvalue weighted by Gasteiger charge is -2.00. The summed E-state index contributed by atoms with van der Waals surface area (Å²) < 4.78 is 27.1. The fourth-order valence-corrected chi connectivity index (χ4v) is 2.01. The summed E-state index contributed by atoms with van der Waals surface area (Å²) in [4.78, 5) is 0.175. The second-order valence-electron chi connectivity index (χ2n) is 2.92. The van der Waals surface area contributed by atoms with Gasteiger partial charge in [0.1, 0.15) is 4.90 Å². The van der Waals surface area contributed by atoms with Crippen LogP contribution in [0.1, 0.15) is 13.3 Å². The van der Waals surface area contributed by atoms with Gasteiger partial charge in [-0.2, -0.15) is 5.10 Å². The lowest BCUT2D eigenvalue weighted by molar-refractivity contribution is 0.582. The van der Waals surface area contributed by atoms with E-state index in [1.54, 1.807) is 14.0 Å². The van der Waals surface area contributed by atoms with Gasteiger partial charge < -0.3 is 0 Å². The number of aromatic nitrogens is 2. The van der Waals surface area contributed by atoms with Gasteiger partial charge in [-0.05, 0) is 6.92 Å². The van der Waals surface area contributed by atoms with Gasteiger partial charge in [0.25, 0.3) is 0 Å². The Morgan fingerprint density at radius 2 is 2.33 bits per heavy atom. The number of hydrogen-bond donors (Lipinski definition) is 1. The fraction of sp³-hybridized carbons (Fsp3) is 0.444. The number of aryl methyl sites for hydroxylation is 1. The van der Waals surface area contributed by atoms with Crippen LogP contribution in [0.5, 0.6) is 0 Å². The van der Waals surface area contributed by atoms with Crippen LogP contribution in [0.2, 0.25) is 0 Å². The zero-order valence-electron chi connectivity index (χ0n) is 8.69. The Morgan fingerprint density at radius 1 is 1.60 bits per heavy atom. The van der Waals surface area contributed by atoms with Crippen LogP contribution < -0.4 is 4.72 Å². The van der Waals surface area contributed by atoms with Gasteiger partial charge in [0.15, 0.2) is 0 Å². The zero-order valence-corrected chi connectivity index (χ0v) is 9.50. The predicted molar refractivity (Wildman–Crippen MR) is 56.5 cm³/mol. The molecule has 0 radical (unpaired) electrons. The first-order valence-corrected chi connectivity index (χ1v) is 5.92. The largest absolute Gasteiger partial charge is 0.274 e. The Morgan fingerprint density at radius 3 is 2.87 bits per heavy atom. The van der Waals surface area contributed by atoms with Crippen molar-refractivity contribution in [1.29, 1.82) is 0 Å². The summed E-state index contributed by atoms with van der Waals surface area (Å²) in [6.45, 7) is 2.04. The summed E-state index contributed by atoms with van der Waals surface area (Å²) in [5.74, 6) is 5.48. The van der Waals surface area contributed by atoms with E-state index in [0.29, 0.717) is 13.0 Å². The van der Waals surface area contributed by atoms with Crippen molar-refractivity contribution < 1.29 is 8.42 Å². The van der Waals surface area contributed by atoms with Crippen molar-refractivity contribution in [2.75, 3.05) is 6.54 Å². The summed E-state index contributed by atoms with van der Waals surface area (Å²) in [6, 6.07) is 0. The highest BCUT2D eigenvalue weighted by molar-refractivity contribution is 7.89. The molecule has 1 aromatic rings. The smallest absolute Gasteiger partial charge is 0.243 e. The molecule has 0 saturated heterocycles. The van der Waals surface area contributed by atoms with E-state index >= 15 is 0 Å². The highest BCUT2D eigenvalue weighted by Gasteiger charge is 2.14. The molecule has 1 heterocycles. The molecule has 0 aliphatic heterocycles. The third-order valence-electron chi connectivity index (χ3n) is 1.71. The van der Waals surface area contributed by atoms with Gasteiger partial charge in [-0.25, -0.2) is 13.1 Å². The van der Waals surface area contributed by atoms with E-state index in [4.69, 9.17) is 0 Å². The minimum absolute atomic E-state index is 0.175. The van der Waals surface area contributed by atoms with Gasteiger partial charge in [-0.15, -0.1) is 11.8 Å². The van der Waals surface area contributed by atoms with E-state index < -0.39 is 10.0 Å². The lowest BCUT2D eigenvalue weighted by Crippen LogP contribution is -2.24. The molecule has 82 valence electrons. The molecule has 0 unspecified atom stereocenters. The number of nitrogens with zero attached hydrogens (tertiary/aromatic N) is 2. The van der Waals surface area contributed by atoms with Crippen molar-refractivity contribution in [3.05, 3.63) is 12.4 Å². The molecule has 15 heavy (non-hydrogen) atoms. The van der Waals surface area contributed by atoms with Crippen molar-refractivity contribution in [2.24, 2.45) is 7.05 Å². The molecule has 0 aliphatic carbocycles. The molecule has 0 atom stereocenters. The van der Waals surface area contributed by atoms with Gasteiger partial charge in [-0.1, -0.05) is 0 Å². The Kier molecular flexibility index (Phi) is 3.88. The van der Waals surface area contributed by atoms with Crippen molar-refractivity contribution in [1.82, 2.24) is 14.5 Å². The molecule has 0 aromatic carbocycles. The molecule has 1 N–H and O–H groups in total. The lowest BCUT2D eigenvalue weighted by atomic mass is 10.4. The minimum Gasteiger partial charge on any atom is -0.274 e. The third kappa shape index (κ3) is 3.38. The van der Waals surface area contributed by atoms with Crippen molar-refractivity contribution in [2.45, 2.75) is 18.2 Å². The van der Waals surface area contributed by atoms with Crippen molar-refractivity contribution >= 4 is 10.0 Å². The molecule has 0 amide bonds. The Hall–Kier alpha value is -1.32. The maximum absolute atomic E-state index is 11.6. The molecule has 1 aromatic heterocycles. The van der Waals surface area contributed by atoms with Crippen LogP contribution in [0.3, 0.4) is 0 Å². The fourth-order valence-electron chi connectivity index (χ4n) is 0.994. The van der Waals surface area contributed by atoms with Crippen LogP contribution in [0.4, 0.5) is 0 Å². The van der Waals surface area contributed by atoms with E-state index in [1.165, 1.54) is 17.1 Å². The standard InChI is InChI=1S/C9H13N3O2S/c1-3-4-5-6-11-15(13,14)9-7-10-12(2)8-9/h7-8,11H,5-6H2,1-2H3. The van der Waals surface area contributed by atoms with Gasteiger partial charge >= 0.3 is 0 Å². The molecule has 5 nitrogen and oxygen atoms in total. The summed E-state index contributed by atoms with van der Waals surface area (Å²) in [6.07, 6.45) is 3.28. The normalized spacial score (nSPS) is 10.8. The average molecular weight is 227 g/mol. The van der Waals surface area contributed by atoms with Gasteiger partial charge in [0.2, 0.25) is 10.0 Å². The highest BCUT2D eigenvalue weighted by atomic mass is 32.2. The number of sulfonamides is 1. The second kappa shape index (κ2) is 4.96. The van der Waals surface area contributed by atoms with Crippen LogP contribution in [-0.4, -0.2) is 24.7 Å². The first kappa shape index (κ1) is 11.8. The SMILES string of the molecule is CC#CCCNS(=O)(=O)c1cnn(C)c1. The Balaban J connectivity index is 2.63. The number of nitrogens with one attached hydrogen (secondary N) is 1. The van der Waals surface area contributed by atoms with Crippen LogP contribution >= 0.6 is 0 Å². The quantitative estimate of drug-likeness (QED) is 0.586. The van der Waals surface area contributed by atoms with Gasteiger partial charge in [0, 0.05) is 26.2 Å². The maximum atomic E-state index is 11.6. The van der Waals surface area contributed by atoms with Crippen LogP contribution in [0.15, 0.2) is 17.3 Å². The third-order valence-corrected chi connectivity index (χ3v) is 3.13. The topological polar surface area (TPSA) is 64.0 Å². The molecule has 0 fully saturated rings. The molecule has 0 spiro atoms. The van der Waals surface area contributed by atoms with Gasteiger partial charge in [0.05, 0.1) is 6.20 Å². The van der Waals surface area contributed by atoms with Crippen LogP contribution in [0.25, 0.3) is 0 Å². The van der Waals surface area contributed by atoms with E-state index in [1.807, 2.05) is 0 Å². The van der Waals surface area contributed by atoms with Crippen LogP contribution in [-0.2, 0) is 17.1 Å².